The van der Waals surface area contributed by atoms with Gasteiger partial charge >= 0.3 is 5.97 Å². The molecule has 0 aliphatic carbocycles. The minimum absolute atomic E-state index is 0.140. The molecule has 0 spiro atoms. The molecule has 0 bridgehead atoms. The lowest BCUT2D eigenvalue weighted by Gasteiger charge is -2.16. The fraction of sp³-hybridized carbons (Fsp3) is 0.0400. The number of nitrogens with one attached hydrogen (secondary N) is 1. The fourth-order valence-corrected chi connectivity index (χ4v) is 3.72. The first-order chi connectivity index (χ1) is 16.0. The van der Waals surface area contributed by atoms with Crippen LogP contribution in [0.15, 0.2) is 89.0 Å². The van der Waals surface area contributed by atoms with Gasteiger partial charge < -0.3 is 10.1 Å². The molecule has 1 heterocycles. The number of rotatable bonds is 6. The van der Waals surface area contributed by atoms with E-state index < -0.39 is 30.4 Å². The summed E-state index contributed by atoms with van der Waals surface area (Å²) in [5.74, 6) is -2.51. The van der Waals surface area contributed by atoms with Crippen molar-refractivity contribution in [3.8, 4) is 0 Å². The third kappa shape index (κ3) is 4.75. The van der Waals surface area contributed by atoms with Crippen LogP contribution in [0.25, 0.3) is 6.08 Å². The normalized spacial score (nSPS) is 13.0. The summed E-state index contributed by atoms with van der Waals surface area (Å²) in [7, 11) is 0. The largest absolute Gasteiger partial charge is 0.439 e. The lowest BCUT2D eigenvalue weighted by Crippen LogP contribution is -2.35. The highest BCUT2D eigenvalue weighted by atomic mass is 79.9. The summed E-state index contributed by atoms with van der Waals surface area (Å²) in [6.07, 6.45) is 1.46. The summed E-state index contributed by atoms with van der Waals surface area (Å²) in [6, 6.07) is 22.0. The van der Waals surface area contributed by atoms with Crippen LogP contribution < -0.4 is 5.32 Å². The van der Waals surface area contributed by atoms with Gasteiger partial charge in [0.2, 0.25) is 0 Å². The number of nitrogens with zero attached hydrogens (tertiary/aromatic N) is 1. The smallest absolute Gasteiger partial charge is 0.356 e. The molecule has 0 saturated heterocycles. The SMILES string of the molecule is O=C(OCN1C(=O)c2ccccc2C1=O)/C(=C/c1ccccc1)NC(=O)c1ccccc1Br. The molecule has 3 aromatic carbocycles. The van der Waals surface area contributed by atoms with Crippen molar-refractivity contribution in [2.45, 2.75) is 0 Å². The first kappa shape index (κ1) is 22.2. The molecule has 1 N–H and O–H groups in total. The van der Waals surface area contributed by atoms with Crippen LogP contribution in [0.1, 0.15) is 36.6 Å². The molecular formula is C25H17BrN2O5. The van der Waals surface area contributed by atoms with E-state index in [2.05, 4.69) is 21.2 Å². The van der Waals surface area contributed by atoms with Crippen LogP contribution in [0.4, 0.5) is 0 Å². The van der Waals surface area contributed by atoms with Crippen LogP contribution in [0.3, 0.4) is 0 Å². The van der Waals surface area contributed by atoms with Crippen LogP contribution in [0, 0.1) is 0 Å². The van der Waals surface area contributed by atoms with E-state index in [4.69, 9.17) is 4.74 Å². The number of benzene rings is 3. The topological polar surface area (TPSA) is 92.8 Å². The van der Waals surface area contributed by atoms with E-state index in [0.717, 1.165) is 4.90 Å². The number of imide groups is 1. The van der Waals surface area contributed by atoms with Gasteiger partial charge in [-0.3, -0.25) is 14.4 Å². The highest BCUT2D eigenvalue weighted by molar-refractivity contribution is 9.10. The molecule has 0 aromatic heterocycles. The fourth-order valence-electron chi connectivity index (χ4n) is 3.25. The maximum absolute atomic E-state index is 12.9. The van der Waals surface area contributed by atoms with Gasteiger partial charge in [-0.15, -0.1) is 0 Å². The Bertz CT molecular complexity index is 1250. The molecular weight excluding hydrogens is 488 g/mol. The van der Waals surface area contributed by atoms with E-state index in [9.17, 15) is 19.2 Å². The maximum atomic E-state index is 12.9. The Morgan fingerprint density at radius 3 is 2.06 bits per heavy atom. The maximum Gasteiger partial charge on any atom is 0.356 e. The zero-order valence-corrected chi connectivity index (χ0v) is 18.7. The van der Waals surface area contributed by atoms with E-state index in [1.54, 1.807) is 60.7 Å². The highest BCUT2D eigenvalue weighted by Gasteiger charge is 2.36. The quantitative estimate of drug-likeness (QED) is 0.311. The summed E-state index contributed by atoms with van der Waals surface area (Å²) >= 11 is 3.32. The van der Waals surface area contributed by atoms with Crippen LogP contribution >= 0.6 is 15.9 Å². The number of carbonyl (C=O) groups excluding carboxylic acids is 4. The van der Waals surface area contributed by atoms with E-state index >= 15 is 0 Å². The van der Waals surface area contributed by atoms with Gasteiger partial charge in [0.05, 0.1) is 16.7 Å². The molecule has 0 fully saturated rings. The average Bonchev–Trinajstić information content (AvgIpc) is 3.07. The third-order valence-electron chi connectivity index (χ3n) is 4.90. The molecule has 0 saturated carbocycles. The third-order valence-corrected chi connectivity index (χ3v) is 5.59. The van der Waals surface area contributed by atoms with Gasteiger partial charge in [-0.05, 0) is 51.8 Å². The lowest BCUT2D eigenvalue weighted by atomic mass is 10.1. The van der Waals surface area contributed by atoms with Crippen molar-refractivity contribution in [3.05, 3.63) is 111 Å². The number of hydrogen-bond donors (Lipinski definition) is 1. The highest BCUT2D eigenvalue weighted by Crippen LogP contribution is 2.22. The van der Waals surface area contributed by atoms with E-state index in [-0.39, 0.29) is 16.8 Å². The van der Waals surface area contributed by atoms with Gasteiger partial charge in [0, 0.05) is 4.47 Å². The number of esters is 1. The molecule has 0 atom stereocenters. The molecule has 3 amide bonds. The van der Waals surface area contributed by atoms with E-state index in [0.29, 0.717) is 15.6 Å². The summed E-state index contributed by atoms with van der Waals surface area (Å²) in [5.41, 5.74) is 1.34. The Balaban J connectivity index is 1.53. The second kappa shape index (κ2) is 9.62. The Morgan fingerprint density at radius 2 is 1.42 bits per heavy atom. The van der Waals surface area contributed by atoms with Crippen molar-refractivity contribution in [2.24, 2.45) is 0 Å². The van der Waals surface area contributed by atoms with Gasteiger partial charge in [0.1, 0.15) is 5.70 Å². The summed E-state index contributed by atoms with van der Waals surface area (Å²) < 4.78 is 5.81. The Kier molecular flexibility index (Phi) is 6.46. The molecule has 7 nitrogen and oxygen atoms in total. The van der Waals surface area contributed by atoms with E-state index in [1.807, 2.05) is 6.07 Å². The molecule has 1 aliphatic rings. The van der Waals surface area contributed by atoms with Crippen molar-refractivity contribution in [2.75, 3.05) is 6.73 Å². The molecule has 164 valence electrons. The molecule has 4 rings (SSSR count). The van der Waals surface area contributed by atoms with Crippen molar-refractivity contribution in [1.29, 1.82) is 0 Å². The van der Waals surface area contributed by atoms with Crippen LogP contribution in [0.5, 0.6) is 0 Å². The van der Waals surface area contributed by atoms with Crippen LogP contribution in [-0.2, 0) is 9.53 Å². The van der Waals surface area contributed by atoms with Gasteiger partial charge in [-0.2, -0.15) is 0 Å². The monoisotopic (exact) mass is 504 g/mol. The minimum Gasteiger partial charge on any atom is -0.439 e. The second-order valence-electron chi connectivity index (χ2n) is 7.05. The molecule has 33 heavy (non-hydrogen) atoms. The lowest BCUT2D eigenvalue weighted by molar-refractivity contribution is -0.141. The van der Waals surface area contributed by atoms with E-state index in [1.165, 1.54) is 18.2 Å². The van der Waals surface area contributed by atoms with Crippen molar-refractivity contribution >= 4 is 45.7 Å². The predicted molar refractivity (Wildman–Crippen MR) is 124 cm³/mol. The predicted octanol–water partition coefficient (Wildman–Crippen LogP) is 4.02. The Hall–Kier alpha value is -4.04. The molecule has 8 heteroatoms. The van der Waals surface area contributed by atoms with Crippen molar-refractivity contribution in [3.63, 3.8) is 0 Å². The molecule has 1 aliphatic heterocycles. The zero-order chi connectivity index (χ0) is 23.4. The molecule has 0 radical (unpaired) electrons. The van der Waals surface area contributed by atoms with Gasteiger partial charge in [-0.25, -0.2) is 9.69 Å². The zero-order valence-electron chi connectivity index (χ0n) is 17.2. The molecule has 0 unspecified atom stereocenters. The minimum atomic E-state index is -0.893. The molecule has 3 aromatic rings. The average molecular weight is 505 g/mol. The first-order valence-electron chi connectivity index (χ1n) is 9.90. The number of halogens is 1. The summed E-state index contributed by atoms with van der Waals surface area (Å²) in [5, 5.41) is 2.57. The van der Waals surface area contributed by atoms with Gasteiger partial charge in [0.15, 0.2) is 6.73 Å². The number of hydrogen-bond acceptors (Lipinski definition) is 5. The van der Waals surface area contributed by atoms with Crippen molar-refractivity contribution < 1.29 is 23.9 Å². The number of amides is 3. The first-order valence-corrected chi connectivity index (χ1v) is 10.7. The Labute approximate surface area is 197 Å². The van der Waals surface area contributed by atoms with Crippen molar-refractivity contribution in [1.82, 2.24) is 10.2 Å². The van der Waals surface area contributed by atoms with Crippen LogP contribution in [-0.4, -0.2) is 35.3 Å². The standard InChI is InChI=1S/C25H17BrN2O5/c26-20-13-7-6-12-19(20)22(29)27-21(14-16-8-2-1-3-9-16)25(32)33-15-28-23(30)17-10-4-5-11-18(17)24(28)31/h1-14H,15H2,(H,27,29)/b21-14-. The summed E-state index contributed by atoms with van der Waals surface area (Å²) in [6.45, 7) is -0.581. The number of carbonyl (C=O) groups is 4. The Morgan fingerprint density at radius 1 is 0.848 bits per heavy atom. The number of ether oxygens (including phenoxy) is 1. The second-order valence-corrected chi connectivity index (χ2v) is 7.90. The van der Waals surface area contributed by atoms with Gasteiger partial charge in [0.25, 0.3) is 17.7 Å². The summed E-state index contributed by atoms with van der Waals surface area (Å²) in [4.78, 5) is 51.5. The number of fused-ring (bicyclic) bond motifs is 1. The van der Waals surface area contributed by atoms with Gasteiger partial charge in [-0.1, -0.05) is 54.6 Å². The van der Waals surface area contributed by atoms with Crippen LogP contribution in [0.2, 0.25) is 0 Å².